The molecule has 0 aliphatic heterocycles. The van der Waals surface area contributed by atoms with E-state index >= 15 is 0 Å². The Bertz CT molecular complexity index is 446. The number of carboxylic acid groups (broad SMARTS) is 1. The first-order valence-electron chi connectivity index (χ1n) is 5.75. The molecule has 5 N–H and O–H groups in total. The van der Waals surface area contributed by atoms with Gasteiger partial charge in [0.05, 0.1) is 13.5 Å². The number of methoxy groups -OCH3 is 1. The Labute approximate surface area is 107 Å². The molecule has 100 valence electrons. The number of aliphatic carboxylic acids is 1. The van der Waals surface area contributed by atoms with Gasteiger partial charge < -0.3 is 21.3 Å². The lowest BCUT2D eigenvalue weighted by Crippen LogP contribution is -2.36. The average molecular weight is 252 g/mol. The molecule has 5 heteroatoms. The second-order valence-corrected chi connectivity index (χ2v) is 4.39. The van der Waals surface area contributed by atoms with Crippen molar-refractivity contribution in [2.24, 2.45) is 11.5 Å². The molecular formula is C13H20N2O3. The molecule has 2 atom stereocenters. The Morgan fingerprint density at radius 1 is 1.33 bits per heavy atom. The molecule has 0 spiro atoms. The van der Waals surface area contributed by atoms with Crippen LogP contribution in [0.25, 0.3) is 0 Å². The van der Waals surface area contributed by atoms with Gasteiger partial charge in [0.25, 0.3) is 0 Å². The minimum Gasteiger partial charge on any atom is -0.496 e. The first-order valence-corrected chi connectivity index (χ1v) is 5.75. The van der Waals surface area contributed by atoms with Crippen LogP contribution in [0.3, 0.4) is 0 Å². The monoisotopic (exact) mass is 252 g/mol. The number of carbonyl (C=O) groups is 1. The van der Waals surface area contributed by atoms with Crippen LogP contribution in [0, 0.1) is 13.8 Å². The molecule has 18 heavy (non-hydrogen) atoms. The second kappa shape index (κ2) is 5.84. The van der Waals surface area contributed by atoms with Crippen LogP contribution >= 0.6 is 0 Å². The Morgan fingerprint density at radius 2 is 1.94 bits per heavy atom. The molecule has 0 aliphatic rings. The van der Waals surface area contributed by atoms with Crippen molar-refractivity contribution in [1.29, 1.82) is 0 Å². The van der Waals surface area contributed by atoms with E-state index in [0.29, 0.717) is 0 Å². The quantitative estimate of drug-likeness (QED) is 0.729. The first-order chi connectivity index (χ1) is 8.38. The number of benzene rings is 1. The highest BCUT2D eigenvalue weighted by molar-refractivity contribution is 5.67. The zero-order valence-corrected chi connectivity index (χ0v) is 10.9. The first kappa shape index (κ1) is 14.5. The Hall–Kier alpha value is -1.59. The average Bonchev–Trinajstić information content (AvgIpc) is 2.31. The van der Waals surface area contributed by atoms with Crippen LogP contribution in [0.15, 0.2) is 12.1 Å². The van der Waals surface area contributed by atoms with Gasteiger partial charge in [-0.25, -0.2) is 0 Å². The zero-order valence-electron chi connectivity index (χ0n) is 10.9. The standard InChI is InChI=1S/C13H20N2O3/c1-7-8(2)11(18-3)5-4-9(7)13(15)10(14)6-12(16)17/h4-5,10,13H,6,14-15H2,1-3H3,(H,16,17). The van der Waals surface area contributed by atoms with E-state index in [1.807, 2.05) is 26.0 Å². The minimum absolute atomic E-state index is 0.147. The van der Waals surface area contributed by atoms with Crippen molar-refractivity contribution in [2.45, 2.75) is 32.4 Å². The fourth-order valence-electron chi connectivity index (χ4n) is 1.96. The third-order valence-corrected chi connectivity index (χ3v) is 3.23. The van der Waals surface area contributed by atoms with E-state index in [1.165, 1.54) is 0 Å². The van der Waals surface area contributed by atoms with Gasteiger partial charge in [0.1, 0.15) is 5.75 Å². The largest absolute Gasteiger partial charge is 0.496 e. The molecule has 0 aliphatic carbocycles. The Morgan fingerprint density at radius 3 is 2.44 bits per heavy atom. The number of carboxylic acids is 1. The van der Waals surface area contributed by atoms with Gasteiger partial charge in [-0.1, -0.05) is 6.07 Å². The van der Waals surface area contributed by atoms with Gasteiger partial charge in [0, 0.05) is 12.1 Å². The van der Waals surface area contributed by atoms with E-state index in [9.17, 15) is 4.79 Å². The normalized spacial score (nSPS) is 14.1. The summed E-state index contributed by atoms with van der Waals surface area (Å²) in [5.41, 5.74) is 14.7. The third kappa shape index (κ3) is 3.00. The van der Waals surface area contributed by atoms with Crippen molar-refractivity contribution >= 4 is 5.97 Å². The second-order valence-electron chi connectivity index (χ2n) is 4.39. The molecule has 0 fully saturated rings. The summed E-state index contributed by atoms with van der Waals surface area (Å²) in [5, 5.41) is 8.73. The molecule has 2 unspecified atom stereocenters. The topological polar surface area (TPSA) is 98.6 Å². The summed E-state index contributed by atoms with van der Waals surface area (Å²) in [7, 11) is 1.61. The van der Waals surface area contributed by atoms with Crippen molar-refractivity contribution in [3.8, 4) is 5.75 Å². The number of nitrogens with two attached hydrogens (primary N) is 2. The number of ether oxygens (including phenoxy) is 1. The molecule has 0 saturated carbocycles. The molecule has 0 bridgehead atoms. The lowest BCUT2D eigenvalue weighted by Gasteiger charge is -2.22. The van der Waals surface area contributed by atoms with Crippen molar-refractivity contribution < 1.29 is 14.6 Å². The van der Waals surface area contributed by atoms with E-state index in [1.54, 1.807) is 7.11 Å². The van der Waals surface area contributed by atoms with Crippen LogP contribution in [-0.4, -0.2) is 24.2 Å². The summed E-state index contributed by atoms with van der Waals surface area (Å²) < 4.78 is 5.22. The molecule has 0 aromatic heterocycles. The highest BCUT2D eigenvalue weighted by Gasteiger charge is 2.21. The molecule has 1 aromatic rings. The summed E-state index contributed by atoms with van der Waals surface area (Å²) in [6, 6.07) is 2.57. The fraction of sp³-hybridized carbons (Fsp3) is 0.462. The maximum absolute atomic E-state index is 10.6. The maximum atomic E-state index is 10.6. The van der Waals surface area contributed by atoms with E-state index in [4.69, 9.17) is 21.3 Å². The molecule has 0 saturated heterocycles. The van der Waals surface area contributed by atoms with Crippen molar-refractivity contribution in [3.05, 3.63) is 28.8 Å². The number of rotatable bonds is 5. The van der Waals surface area contributed by atoms with E-state index in [0.717, 1.165) is 22.4 Å². The molecule has 0 amide bonds. The van der Waals surface area contributed by atoms with Gasteiger partial charge in [-0.15, -0.1) is 0 Å². The summed E-state index contributed by atoms with van der Waals surface area (Å²) >= 11 is 0. The van der Waals surface area contributed by atoms with Gasteiger partial charge in [0.15, 0.2) is 0 Å². The van der Waals surface area contributed by atoms with Gasteiger partial charge >= 0.3 is 5.97 Å². The van der Waals surface area contributed by atoms with Gasteiger partial charge in [-0.05, 0) is 36.6 Å². The van der Waals surface area contributed by atoms with E-state index in [2.05, 4.69) is 0 Å². The Balaban J connectivity index is 3.03. The Kier molecular flexibility index (Phi) is 4.69. The van der Waals surface area contributed by atoms with Crippen LogP contribution in [-0.2, 0) is 4.79 Å². The predicted molar refractivity (Wildman–Crippen MR) is 69.6 cm³/mol. The highest BCUT2D eigenvalue weighted by atomic mass is 16.5. The van der Waals surface area contributed by atoms with Crippen molar-refractivity contribution in [1.82, 2.24) is 0 Å². The van der Waals surface area contributed by atoms with Gasteiger partial charge in [0.2, 0.25) is 0 Å². The third-order valence-electron chi connectivity index (χ3n) is 3.23. The molecule has 0 heterocycles. The molecule has 1 aromatic carbocycles. The molecule has 5 nitrogen and oxygen atoms in total. The van der Waals surface area contributed by atoms with Gasteiger partial charge in [-0.3, -0.25) is 4.79 Å². The van der Waals surface area contributed by atoms with Crippen LogP contribution in [0.4, 0.5) is 0 Å². The maximum Gasteiger partial charge on any atom is 0.304 e. The smallest absolute Gasteiger partial charge is 0.304 e. The molecular weight excluding hydrogens is 232 g/mol. The summed E-state index contributed by atoms with van der Waals surface area (Å²) in [4.78, 5) is 10.6. The highest BCUT2D eigenvalue weighted by Crippen LogP contribution is 2.28. The summed E-state index contributed by atoms with van der Waals surface area (Å²) in [6.07, 6.45) is -0.147. The zero-order chi connectivity index (χ0) is 13.9. The lowest BCUT2D eigenvalue weighted by molar-refractivity contribution is -0.137. The van der Waals surface area contributed by atoms with Crippen LogP contribution in [0.2, 0.25) is 0 Å². The van der Waals surface area contributed by atoms with Crippen LogP contribution in [0.5, 0.6) is 5.75 Å². The van der Waals surface area contributed by atoms with Crippen molar-refractivity contribution in [2.75, 3.05) is 7.11 Å². The van der Waals surface area contributed by atoms with Crippen LogP contribution in [0.1, 0.15) is 29.2 Å². The molecule has 1 rings (SSSR count). The van der Waals surface area contributed by atoms with E-state index < -0.39 is 18.1 Å². The molecule has 0 radical (unpaired) electrons. The van der Waals surface area contributed by atoms with Crippen molar-refractivity contribution in [3.63, 3.8) is 0 Å². The lowest BCUT2D eigenvalue weighted by atomic mass is 9.92. The summed E-state index contributed by atoms with van der Waals surface area (Å²) in [5.74, 6) is -0.156. The van der Waals surface area contributed by atoms with E-state index in [-0.39, 0.29) is 6.42 Å². The van der Waals surface area contributed by atoms with Gasteiger partial charge in [-0.2, -0.15) is 0 Å². The number of hydrogen-bond donors (Lipinski definition) is 3. The number of hydrogen-bond acceptors (Lipinski definition) is 4. The minimum atomic E-state index is -0.944. The van der Waals surface area contributed by atoms with Crippen LogP contribution < -0.4 is 16.2 Å². The SMILES string of the molecule is COc1ccc(C(N)C(N)CC(=O)O)c(C)c1C. The fourth-order valence-corrected chi connectivity index (χ4v) is 1.96. The predicted octanol–water partition coefficient (Wildman–Crippen LogP) is 1.11. The summed E-state index contributed by atoms with van der Waals surface area (Å²) in [6.45, 7) is 3.87.